The van der Waals surface area contributed by atoms with E-state index < -0.39 is 5.97 Å². The minimum absolute atomic E-state index is 0.0363. The normalized spacial score (nSPS) is 13.8. The molecule has 7 heteroatoms. The monoisotopic (exact) mass is 384 g/mol. The van der Waals surface area contributed by atoms with Crippen LogP contribution >= 0.6 is 0 Å². The van der Waals surface area contributed by atoms with Gasteiger partial charge in [0.15, 0.2) is 6.73 Å². The minimum atomic E-state index is -1.01. The highest BCUT2D eigenvalue weighted by Gasteiger charge is 2.17. The lowest BCUT2D eigenvalue weighted by molar-refractivity contribution is -0.115. The summed E-state index contributed by atoms with van der Waals surface area (Å²) in [6, 6.07) is 14.3. The Balaban J connectivity index is 1.78. The predicted octanol–water partition coefficient (Wildman–Crippen LogP) is 2.65. The van der Waals surface area contributed by atoms with Crippen LogP contribution in [0, 0.1) is 0 Å². The van der Waals surface area contributed by atoms with Crippen LogP contribution in [0.25, 0.3) is 0 Å². The Hall–Kier alpha value is -3.06. The molecule has 0 amide bonds. The van der Waals surface area contributed by atoms with Gasteiger partial charge in [-0.25, -0.2) is 4.79 Å². The van der Waals surface area contributed by atoms with Gasteiger partial charge in [-0.05, 0) is 37.3 Å². The molecule has 1 fully saturated rings. The number of morpholine rings is 1. The highest BCUT2D eigenvalue weighted by Crippen LogP contribution is 2.29. The molecule has 2 aromatic rings. The second kappa shape index (κ2) is 9.23. The molecule has 3 rings (SSSR count). The lowest BCUT2D eigenvalue weighted by atomic mass is 10.2. The summed E-state index contributed by atoms with van der Waals surface area (Å²) in [6.07, 6.45) is 0. The van der Waals surface area contributed by atoms with Crippen LogP contribution in [0.4, 0.5) is 11.4 Å². The van der Waals surface area contributed by atoms with Crippen molar-refractivity contribution in [1.29, 1.82) is 0 Å². The summed E-state index contributed by atoms with van der Waals surface area (Å²) in [7, 11) is 0. The third-order valence-corrected chi connectivity index (χ3v) is 4.46. The van der Waals surface area contributed by atoms with Gasteiger partial charge >= 0.3 is 5.97 Å². The third kappa shape index (κ3) is 5.01. The number of aromatic carboxylic acids is 1. The molecule has 0 radical (unpaired) electrons. The first-order valence-corrected chi connectivity index (χ1v) is 9.17. The molecule has 0 spiro atoms. The van der Waals surface area contributed by atoms with Crippen LogP contribution in [0.15, 0.2) is 48.5 Å². The smallest absolute Gasteiger partial charge is 0.335 e. The predicted molar refractivity (Wildman–Crippen MR) is 106 cm³/mol. The van der Waals surface area contributed by atoms with Gasteiger partial charge in [0, 0.05) is 18.8 Å². The zero-order valence-electron chi connectivity index (χ0n) is 15.8. The number of ketones is 1. The standard InChI is InChI=1S/C21H24N2O5/c1-16(24)14-23(18-6-4-5-17(13-18)21(25)26)15-28-20-8-3-2-7-19(20)22-9-11-27-12-10-22/h2-8,13H,9-12,14-15H2,1H3,(H,25,26). The Morgan fingerprint density at radius 1 is 1.14 bits per heavy atom. The van der Waals surface area contributed by atoms with Crippen molar-refractivity contribution in [2.45, 2.75) is 6.92 Å². The molecule has 1 aliphatic rings. The van der Waals surface area contributed by atoms with Crippen molar-refractivity contribution in [2.75, 3.05) is 49.4 Å². The van der Waals surface area contributed by atoms with E-state index in [4.69, 9.17) is 9.47 Å². The van der Waals surface area contributed by atoms with Gasteiger partial charge in [0.05, 0.1) is 31.0 Å². The average molecular weight is 384 g/mol. The fourth-order valence-electron chi connectivity index (χ4n) is 3.11. The van der Waals surface area contributed by atoms with E-state index in [2.05, 4.69) is 4.90 Å². The maximum Gasteiger partial charge on any atom is 0.335 e. The molecule has 148 valence electrons. The van der Waals surface area contributed by atoms with Crippen molar-refractivity contribution >= 4 is 23.1 Å². The maximum atomic E-state index is 11.7. The number of nitrogens with zero attached hydrogens (tertiary/aromatic N) is 2. The molecular formula is C21H24N2O5. The number of carbonyl (C=O) groups excluding carboxylic acids is 1. The highest BCUT2D eigenvalue weighted by atomic mass is 16.5. The summed E-state index contributed by atoms with van der Waals surface area (Å²) >= 11 is 0. The first-order chi connectivity index (χ1) is 13.5. The van der Waals surface area contributed by atoms with E-state index in [9.17, 15) is 14.7 Å². The van der Waals surface area contributed by atoms with E-state index >= 15 is 0 Å². The quantitative estimate of drug-likeness (QED) is 0.701. The van der Waals surface area contributed by atoms with Crippen LogP contribution < -0.4 is 14.5 Å². The van der Waals surface area contributed by atoms with E-state index in [-0.39, 0.29) is 24.6 Å². The zero-order valence-corrected chi connectivity index (χ0v) is 15.8. The topological polar surface area (TPSA) is 79.3 Å². The van der Waals surface area contributed by atoms with Crippen molar-refractivity contribution in [3.05, 3.63) is 54.1 Å². The molecule has 0 saturated carbocycles. The third-order valence-electron chi connectivity index (χ3n) is 4.46. The number of para-hydroxylation sites is 2. The number of anilines is 2. The summed E-state index contributed by atoms with van der Waals surface area (Å²) in [5.41, 5.74) is 1.77. The molecule has 1 heterocycles. The van der Waals surface area contributed by atoms with Gasteiger partial charge in [0.2, 0.25) is 0 Å². The van der Waals surface area contributed by atoms with E-state index in [1.165, 1.54) is 13.0 Å². The second-order valence-electron chi connectivity index (χ2n) is 6.60. The Morgan fingerprint density at radius 2 is 1.89 bits per heavy atom. The van der Waals surface area contributed by atoms with Gasteiger partial charge in [-0.1, -0.05) is 18.2 Å². The summed E-state index contributed by atoms with van der Waals surface area (Å²) in [5, 5.41) is 9.23. The summed E-state index contributed by atoms with van der Waals surface area (Å²) in [4.78, 5) is 26.9. The van der Waals surface area contributed by atoms with Crippen LogP contribution in [0.5, 0.6) is 5.75 Å². The first kappa shape index (κ1) is 19.7. The lowest BCUT2D eigenvalue weighted by Crippen LogP contribution is -2.37. The van der Waals surface area contributed by atoms with E-state index in [0.717, 1.165) is 18.8 Å². The minimum Gasteiger partial charge on any atom is -0.478 e. The molecule has 28 heavy (non-hydrogen) atoms. The molecule has 0 aliphatic carbocycles. The lowest BCUT2D eigenvalue weighted by Gasteiger charge is -2.31. The molecule has 1 aliphatic heterocycles. The number of carboxylic acid groups (broad SMARTS) is 1. The van der Waals surface area contributed by atoms with E-state index in [0.29, 0.717) is 24.7 Å². The number of carboxylic acids is 1. The number of rotatable bonds is 8. The molecule has 7 nitrogen and oxygen atoms in total. The first-order valence-electron chi connectivity index (χ1n) is 9.17. The molecular weight excluding hydrogens is 360 g/mol. The molecule has 1 N–H and O–H groups in total. The number of hydrogen-bond acceptors (Lipinski definition) is 6. The van der Waals surface area contributed by atoms with Gasteiger partial charge in [-0.2, -0.15) is 0 Å². The number of benzene rings is 2. The van der Waals surface area contributed by atoms with Crippen LogP contribution in [-0.4, -0.2) is 56.4 Å². The molecule has 2 aromatic carbocycles. The van der Waals surface area contributed by atoms with Crippen LogP contribution in [0.2, 0.25) is 0 Å². The maximum absolute atomic E-state index is 11.7. The van der Waals surface area contributed by atoms with Gasteiger partial charge in [-0.3, -0.25) is 4.79 Å². The van der Waals surface area contributed by atoms with Gasteiger partial charge in [-0.15, -0.1) is 0 Å². The largest absolute Gasteiger partial charge is 0.478 e. The zero-order chi connectivity index (χ0) is 19.9. The fraction of sp³-hybridized carbons (Fsp3) is 0.333. The Bertz CT molecular complexity index is 833. The van der Waals surface area contributed by atoms with Gasteiger partial charge < -0.3 is 24.4 Å². The van der Waals surface area contributed by atoms with Gasteiger partial charge in [0.1, 0.15) is 11.5 Å². The number of ether oxygens (including phenoxy) is 2. The fourth-order valence-corrected chi connectivity index (χ4v) is 3.11. The number of Topliss-reactive ketones (excluding diaryl/α,β-unsaturated/α-hetero) is 1. The molecule has 0 aromatic heterocycles. The summed E-state index contributed by atoms with van der Waals surface area (Å²) in [6.45, 7) is 4.68. The summed E-state index contributed by atoms with van der Waals surface area (Å²) in [5.74, 6) is -0.332. The Morgan fingerprint density at radius 3 is 2.61 bits per heavy atom. The van der Waals surface area contributed by atoms with Crippen molar-refractivity contribution in [3.8, 4) is 5.75 Å². The van der Waals surface area contributed by atoms with Gasteiger partial charge in [0.25, 0.3) is 0 Å². The Kier molecular flexibility index (Phi) is 6.49. The number of carbonyl (C=O) groups is 2. The SMILES string of the molecule is CC(=O)CN(COc1ccccc1N1CCOCC1)c1cccc(C(=O)O)c1. The molecule has 0 bridgehead atoms. The van der Waals surface area contributed by atoms with Crippen LogP contribution in [0.1, 0.15) is 17.3 Å². The highest BCUT2D eigenvalue weighted by molar-refractivity contribution is 5.89. The molecule has 0 unspecified atom stereocenters. The van der Waals surface area contributed by atoms with E-state index in [1.807, 2.05) is 24.3 Å². The number of hydrogen-bond donors (Lipinski definition) is 1. The van der Waals surface area contributed by atoms with Crippen LogP contribution in [-0.2, 0) is 9.53 Å². The average Bonchev–Trinajstić information content (AvgIpc) is 2.72. The van der Waals surface area contributed by atoms with E-state index in [1.54, 1.807) is 23.1 Å². The summed E-state index contributed by atoms with van der Waals surface area (Å²) < 4.78 is 11.5. The van der Waals surface area contributed by atoms with Crippen molar-refractivity contribution in [1.82, 2.24) is 0 Å². The van der Waals surface area contributed by atoms with Crippen molar-refractivity contribution in [3.63, 3.8) is 0 Å². The van der Waals surface area contributed by atoms with Crippen molar-refractivity contribution in [2.24, 2.45) is 0 Å². The molecule has 1 saturated heterocycles. The Labute approximate surface area is 164 Å². The second-order valence-corrected chi connectivity index (χ2v) is 6.60. The van der Waals surface area contributed by atoms with Crippen LogP contribution in [0.3, 0.4) is 0 Å². The molecule has 0 atom stereocenters. The van der Waals surface area contributed by atoms with Crippen molar-refractivity contribution < 1.29 is 24.2 Å².